The highest BCUT2D eigenvalue weighted by Crippen LogP contribution is 2.32. The summed E-state index contributed by atoms with van der Waals surface area (Å²) in [6.07, 6.45) is 2.70. The van der Waals surface area contributed by atoms with Crippen molar-refractivity contribution < 1.29 is 4.74 Å². The van der Waals surface area contributed by atoms with Gasteiger partial charge in [0.2, 0.25) is 0 Å². The van der Waals surface area contributed by atoms with Gasteiger partial charge in [-0.2, -0.15) is 5.10 Å². The Bertz CT molecular complexity index is 504. The lowest BCUT2D eigenvalue weighted by molar-refractivity contribution is 0.406. The molecular weight excluding hydrogens is 234 g/mol. The molecule has 2 aromatic rings. The van der Waals surface area contributed by atoms with E-state index >= 15 is 0 Å². The maximum absolute atomic E-state index is 6.33. The monoisotopic (exact) mass is 251 g/mol. The number of methoxy groups -OCH3 is 1. The van der Waals surface area contributed by atoms with E-state index in [1.54, 1.807) is 29.3 Å². The average molecular weight is 251 g/mol. The molecule has 0 aliphatic carbocycles. The van der Waals surface area contributed by atoms with Gasteiger partial charge in [-0.1, -0.05) is 6.92 Å². The Hall–Kier alpha value is -1.33. The highest BCUT2D eigenvalue weighted by molar-refractivity contribution is 7.10. The van der Waals surface area contributed by atoms with Gasteiger partial charge in [0.05, 0.1) is 19.3 Å². The number of aromatic nitrogens is 2. The Morgan fingerprint density at radius 3 is 3.00 bits per heavy atom. The summed E-state index contributed by atoms with van der Waals surface area (Å²) >= 11 is 1.69. The van der Waals surface area contributed by atoms with Crippen molar-refractivity contribution in [1.82, 2.24) is 9.78 Å². The molecule has 2 aromatic heterocycles. The van der Waals surface area contributed by atoms with E-state index in [0.29, 0.717) is 0 Å². The molecule has 0 aliphatic heterocycles. The second-order valence-corrected chi connectivity index (χ2v) is 4.81. The molecule has 0 bridgehead atoms. The summed E-state index contributed by atoms with van der Waals surface area (Å²) in [5.41, 5.74) is 8.55. The predicted octanol–water partition coefficient (Wildman–Crippen LogP) is 2.10. The summed E-state index contributed by atoms with van der Waals surface area (Å²) < 4.78 is 7.08. The summed E-state index contributed by atoms with van der Waals surface area (Å²) in [5, 5.41) is 6.27. The van der Waals surface area contributed by atoms with Crippen LogP contribution >= 0.6 is 11.3 Å². The van der Waals surface area contributed by atoms with Crippen LogP contribution in [0.25, 0.3) is 0 Å². The van der Waals surface area contributed by atoms with Gasteiger partial charge in [-0.15, -0.1) is 11.3 Å². The van der Waals surface area contributed by atoms with E-state index in [-0.39, 0.29) is 6.04 Å². The number of ether oxygens (including phenoxy) is 1. The van der Waals surface area contributed by atoms with Crippen LogP contribution in [-0.4, -0.2) is 16.9 Å². The molecule has 0 fully saturated rings. The van der Waals surface area contributed by atoms with Crippen LogP contribution in [0.4, 0.5) is 0 Å². The van der Waals surface area contributed by atoms with Crippen LogP contribution in [-0.2, 0) is 13.5 Å². The minimum atomic E-state index is -0.174. The third-order valence-corrected chi connectivity index (χ3v) is 3.95. The molecule has 0 spiro atoms. The molecule has 1 atom stereocenters. The fraction of sp³-hybridized carbons (Fsp3) is 0.417. The maximum atomic E-state index is 6.33. The zero-order valence-corrected chi connectivity index (χ0v) is 11.1. The molecule has 2 N–H and O–H groups in total. The van der Waals surface area contributed by atoms with Crippen LogP contribution in [0.15, 0.2) is 17.6 Å². The van der Waals surface area contributed by atoms with Gasteiger partial charge in [0.15, 0.2) is 5.75 Å². The van der Waals surface area contributed by atoms with Crippen molar-refractivity contribution in [3.05, 3.63) is 33.8 Å². The first-order chi connectivity index (χ1) is 8.19. The van der Waals surface area contributed by atoms with Crippen molar-refractivity contribution in [2.24, 2.45) is 12.8 Å². The highest BCUT2D eigenvalue weighted by Gasteiger charge is 2.21. The zero-order valence-electron chi connectivity index (χ0n) is 10.3. The van der Waals surface area contributed by atoms with Gasteiger partial charge < -0.3 is 10.5 Å². The number of hydrogen-bond acceptors (Lipinski definition) is 4. The predicted molar refractivity (Wildman–Crippen MR) is 69.5 cm³/mol. The second-order valence-electron chi connectivity index (χ2n) is 3.86. The van der Waals surface area contributed by atoms with Crippen molar-refractivity contribution in [2.75, 3.05) is 7.11 Å². The second kappa shape index (κ2) is 4.89. The smallest absolute Gasteiger partial charge is 0.161 e. The normalized spacial score (nSPS) is 12.7. The molecule has 2 heterocycles. The Labute approximate surface area is 105 Å². The number of nitrogens with two attached hydrogens (primary N) is 1. The van der Waals surface area contributed by atoms with Crippen LogP contribution in [0.3, 0.4) is 0 Å². The molecule has 4 nitrogen and oxygen atoms in total. The van der Waals surface area contributed by atoms with Crippen molar-refractivity contribution in [3.8, 4) is 5.75 Å². The quantitative estimate of drug-likeness (QED) is 0.905. The molecule has 17 heavy (non-hydrogen) atoms. The molecule has 5 heteroatoms. The lowest BCUT2D eigenvalue weighted by atomic mass is 10.1. The molecule has 0 saturated carbocycles. The van der Waals surface area contributed by atoms with E-state index in [4.69, 9.17) is 10.5 Å². The van der Waals surface area contributed by atoms with Crippen LogP contribution in [0.2, 0.25) is 0 Å². The van der Waals surface area contributed by atoms with Gasteiger partial charge in [-0.05, 0) is 23.4 Å². The lowest BCUT2D eigenvalue weighted by Crippen LogP contribution is -2.16. The Morgan fingerprint density at radius 1 is 1.59 bits per heavy atom. The van der Waals surface area contributed by atoms with Crippen LogP contribution < -0.4 is 10.5 Å². The number of rotatable bonds is 4. The Kier molecular flexibility index (Phi) is 3.49. The van der Waals surface area contributed by atoms with Crippen molar-refractivity contribution in [1.29, 1.82) is 0 Å². The maximum Gasteiger partial charge on any atom is 0.161 e. The summed E-state index contributed by atoms with van der Waals surface area (Å²) in [6, 6.07) is 1.95. The summed E-state index contributed by atoms with van der Waals surface area (Å²) in [7, 11) is 3.53. The van der Waals surface area contributed by atoms with Crippen LogP contribution in [0.1, 0.15) is 29.1 Å². The first kappa shape index (κ1) is 12.1. The molecule has 0 aromatic carbocycles. The lowest BCUT2D eigenvalue weighted by Gasteiger charge is -2.14. The van der Waals surface area contributed by atoms with E-state index < -0.39 is 0 Å². The number of aryl methyl sites for hydroxylation is 2. The van der Waals surface area contributed by atoms with Gasteiger partial charge in [0, 0.05) is 11.9 Å². The topological polar surface area (TPSA) is 53.1 Å². The first-order valence-corrected chi connectivity index (χ1v) is 6.44. The third-order valence-electron chi connectivity index (χ3n) is 2.91. The van der Waals surface area contributed by atoms with Crippen molar-refractivity contribution in [3.63, 3.8) is 0 Å². The van der Waals surface area contributed by atoms with E-state index in [2.05, 4.69) is 23.5 Å². The van der Waals surface area contributed by atoms with Crippen LogP contribution in [0.5, 0.6) is 5.75 Å². The van der Waals surface area contributed by atoms with Gasteiger partial charge in [0.25, 0.3) is 0 Å². The van der Waals surface area contributed by atoms with Crippen molar-refractivity contribution in [2.45, 2.75) is 19.4 Å². The molecule has 2 rings (SSSR count). The minimum absolute atomic E-state index is 0.174. The van der Waals surface area contributed by atoms with E-state index in [9.17, 15) is 0 Å². The standard InChI is InChI=1S/C12H17N3OS/c1-4-8-5-6-17-12(8)10(13)11-9(16-3)7-14-15(11)2/h5-7,10H,4,13H2,1-3H3. The van der Waals surface area contributed by atoms with Gasteiger partial charge in [-0.3, -0.25) is 4.68 Å². The van der Waals surface area contributed by atoms with Crippen LogP contribution in [0, 0.1) is 0 Å². The SMILES string of the molecule is CCc1ccsc1C(N)c1c(OC)cnn1C. The summed E-state index contributed by atoms with van der Waals surface area (Å²) in [6.45, 7) is 2.14. The molecule has 0 saturated heterocycles. The first-order valence-electron chi connectivity index (χ1n) is 5.56. The van der Waals surface area contributed by atoms with Crippen molar-refractivity contribution >= 4 is 11.3 Å². The zero-order chi connectivity index (χ0) is 12.4. The Morgan fingerprint density at radius 2 is 2.35 bits per heavy atom. The summed E-state index contributed by atoms with van der Waals surface area (Å²) in [4.78, 5) is 1.19. The number of hydrogen-bond donors (Lipinski definition) is 1. The van der Waals surface area contributed by atoms with Gasteiger partial charge in [-0.25, -0.2) is 0 Å². The third kappa shape index (κ3) is 2.08. The minimum Gasteiger partial charge on any atom is -0.493 e. The highest BCUT2D eigenvalue weighted by atomic mass is 32.1. The fourth-order valence-corrected chi connectivity index (χ4v) is 2.98. The molecule has 0 radical (unpaired) electrons. The molecule has 92 valence electrons. The van der Waals surface area contributed by atoms with E-state index in [1.807, 2.05) is 7.05 Å². The average Bonchev–Trinajstić information content (AvgIpc) is 2.93. The molecule has 0 amide bonds. The summed E-state index contributed by atoms with van der Waals surface area (Å²) in [5.74, 6) is 0.746. The van der Waals surface area contributed by atoms with Gasteiger partial charge in [0.1, 0.15) is 5.69 Å². The molecule has 1 unspecified atom stereocenters. The number of nitrogens with zero attached hydrogens (tertiary/aromatic N) is 2. The van der Waals surface area contributed by atoms with Gasteiger partial charge >= 0.3 is 0 Å². The fourth-order valence-electron chi connectivity index (χ4n) is 1.98. The molecule has 0 aliphatic rings. The Balaban J connectivity index is 2.43. The number of thiophene rings is 1. The van der Waals surface area contributed by atoms with E-state index in [0.717, 1.165) is 17.9 Å². The molecular formula is C12H17N3OS. The van der Waals surface area contributed by atoms with E-state index in [1.165, 1.54) is 10.4 Å². The largest absolute Gasteiger partial charge is 0.493 e.